The molecule has 1 fully saturated rings. The molecule has 5 heteroatoms. The van der Waals surface area contributed by atoms with Gasteiger partial charge in [0.2, 0.25) is 0 Å². The van der Waals surface area contributed by atoms with Crippen LogP contribution in [0.15, 0.2) is 24.3 Å². The average Bonchev–Trinajstić information content (AvgIpc) is 3.29. The Bertz CT molecular complexity index is 446. The second kappa shape index (κ2) is 7.14. The molecule has 1 atom stereocenters. The van der Waals surface area contributed by atoms with E-state index in [9.17, 15) is 4.79 Å². The summed E-state index contributed by atoms with van der Waals surface area (Å²) in [6, 6.07) is 7.86. The van der Waals surface area contributed by atoms with Crippen molar-refractivity contribution in [3.63, 3.8) is 0 Å². The number of carbonyl (C=O) groups is 1. The minimum Gasteiger partial charge on any atom is -0.497 e. The van der Waals surface area contributed by atoms with Gasteiger partial charge >= 0.3 is 6.03 Å². The number of hydrogen-bond acceptors (Lipinski definition) is 3. The van der Waals surface area contributed by atoms with Crippen molar-refractivity contribution in [3.8, 4) is 5.75 Å². The van der Waals surface area contributed by atoms with Crippen LogP contribution in [-0.4, -0.2) is 37.4 Å². The third-order valence-corrected chi connectivity index (χ3v) is 3.49. The lowest BCUT2D eigenvalue weighted by Gasteiger charge is -2.19. The lowest BCUT2D eigenvalue weighted by atomic mass is 10.0. The molecule has 1 aromatic rings. The van der Waals surface area contributed by atoms with Crippen molar-refractivity contribution in [2.24, 2.45) is 5.92 Å². The number of carbonyl (C=O) groups excluding carboxylic acids is 1. The Morgan fingerprint density at radius 2 is 2.30 bits per heavy atom. The lowest BCUT2D eigenvalue weighted by Crippen LogP contribution is -2.45. The fraction of sp³-hybridized carbons (Fsp3) is 0.533. The van der Waals surface area contributed by atoms with Crippen molar-refractivity contribution in [2.45, 2.75) is 25.3 Å². The van der Waals surface area contributed by atoms with Crippen molar-refractivity contribution in [1.29, 1.82) is 0 Å². The van der Waals surface area contributed by atoms with Gasteiger partial charge in [-0.05, 0) is 42.9 Å². The Balaban J connectivity index is 1.93. The first kappa shape index (κ1) is 14.7. The Morgan fingerprint density at radius 3 is 2.95 bits per heavy atom. The van der Waals surface area contributed by atoms with Gasteiger partial charge in [0.05, 0.1) is 13.7 Å². The number of amides is 2. The smallest absolute Gasteiger partial charge is 0.315 e. The Kier molecular flexibility index (Phi) is 5.24. The van der Waals surface area contributed by atoms with Gasteiger partial charge in [-0.25, -0.2) is 4.79 Å². The molecular formula is C15H22N2O3. The van der Waals surface area contributed by atoms with E-state index in [-0.39, 0.29) is 25.2 Å². The molecule has 110 valence electrons. The molecule has 0 aliphatic heterocycles. The number of aliphatic hydroxyl groups is 1. The molecule has 0 bridgehead atoms. The van der Waals surface area contributed by atoms with Crippen LogP contribution in [0.1, 0.15) is 18.4 Å². The molecule has 2 amide bonds. The van der Waals surface area contributed by atoms with Gasteiger partial charge in [0.15, 0.2) is 0 Å². The van der Waals surface area contributed by atoms with Crippen LogP contribution in [0.2, 0.25) is 0 Å². The summed E-state index contributed by atoms with van der Waals surface area (Å²) >= 11 is 0. The van der Waals surface area contributed by atoms with Crippen molar-refractivity contribution in [3.05, 3.63) is 29.8 Å². The molecule has 2 rings (SSSR count). The number of methoxy groups -OCH3 is 1. The molecule has 0 spiro atoms. The Labute approximate surface area is 119 Å². The monoisotopic (exact) mass is 278 g/mol. The van der Waals surface area contributed by atoms with Gasteiger partial charge in [0.1, 0.15) is 5.75 Å². The minimum atomic E-state index is -0.209. The summed E-state index contributed by atoms with van der Waals surface area (Å²) in [5.74, 6) is 1.39. The van der Waals surface area contributed by atoms with E-state index in [0.29, 0.717) is 5.92 Å². The lowest BCUT2D eigenvalue weighted by molar-refractivity contribution is 0.229. The van der Waals surface area contributed by atoms with E-state index in [1.54, 1.807) is 7.11 Å². The van der Waals surface area contributed by atoms with Crippen LogP contribution >= 0.6 is 0 Å². The standard InChI is InChI=1S/C15H22N2O3/c1-20-13-4-2-3-11(9-13)10-14(12-5-6-12)17-15(19)16-7-8-18/h2-4,9,12,14,18H,5-8,10H2,1H3,(H2,16,17,19). The number of rotatable bonds is 7. The topological polar surface area (TPSA) is 70.6 Å². The quantitative estimate of drug-likeness (QED) is 0.704. The second-order valence-corrected chi connectivity index (χ2v) is 5.12. The highest BCUT2D eigenvalue weighted by Gasteiger charge is 2.32. The summed E-state index contributed by atoms with van der Waals surface area (Å²) in [4.78, 5) is 11.7. The van der Waals surface area contributed by atoms with Crippen LogP contribution < -0.4 is 15.4 Å². The third kappa shape index (κ3) is 4.42. The molecular weight excluding hydrogens is 256 g/mol. The zero-order valence-corrected chi connectivity index (χ0v) is 11.8. The molecule has 1 saturated carbocycles. The molecule has 1 aliphatic rings. The van der Waals surface area contributed by atoms with E-state index in [2.05, 4.69) is 10.6 Å². The third-order valence-electron chi connectivity index (χ3n) is 3.49. The molecule has 0 heterocycles. The van der Waals surface area contributed by atoms with Gasteiger partial charge in [0, 0.05) is 12.6 Å². The summed E-state index contributed by atoms with van der Waals surface area (Å²) in [7, 11) is 1.65. The molecule has 0 saturated heterocycles. The number of hydrogen-bond donors (Lipinski definition) is 3. The van der Waals surface area contributed by atoms with E-state index in [1.165, 1.54) is 0 Å². The van der Waals surface area contributed by atoms with Crippen molar-refractivity contribution in [1.82, 2.24) is 10.6 Å². The highest BCUT2D eigenvalue weighted by atomic mass is 16.5. The Hall–Kier alpha value is -1.75. The fourth-order valence-electron chi connectivity index (χ4n) is 2.28. The van der Waals surface area contributed by atoms with Crippen molar-refractivity contribution in [2.75, 3.05) is 20.3 Å². The van der Waals surface area contributed by atoms with Gasteiger partial charge in [-0.1, -0.05) is 12.1 Å². The van der Waals surface area contributed by atoms with E-state index in [0.717, 1.165) is 30.6 Å². The predicted octanol–water partition coefficient (Wildman–Crippen LogP) is 1.31. The molecule has 20 heavy (non-hydrogen) atoms. The summed E-state index contributed by atoms with van der Waals surface area (Å²) < 4.78 is 5.22. The number of urea groups is 1. The normalized spacial score (nSPS) is 15.5. The zero-order valence-electron chi connectivity index (χ0n) is 11.8. The number of aliphatic hydroxyl groups excluding tert-OH is 1. The van der Waals surface area contributed by atoms with E-state index in [1.807, 2.05) is 24.3 Å². The summed E-state index contributed by atoms with van der Waals surface area (Å²) in [6.45, 7) is 0.236. The summed E-state index contributed by atoms with van der Waals surface area (Å²) in [6.07, 6.45) is 3.12. The van der Waals surface area contributed by atoms with Crippen LogP contribution in [0.4, 0.5) is 4.79 Å². The van der Waals surface area contributed by atoms with Crippen LogP contribution in [0.25, 0.3) is 0 Å². The maximum absolute atomic E-state index is 11.7. The highest BCUT2D eigenvalue weighted by molar-refractivity contribution is 5.74. The SMILES string of the molecule is COc1cccc(CC(NC(=O)NCCO)C2CC2)c1. The average molecular weight is 278 g/mol. The first-order valence-electron chi connectivity index (χ1n) is 7.01. The predicted molar refractivity (Wildman–Crippen MR) is 76.8 cm³/mol. The molecule has 5 nitrogen and oxygen atoms in total. The van der Waals surface area contributed by atoms with Crippen LogP contribution in [0.5, 0.6) is 5.75 Å². The van der Waals surface area contributed by atoms with Crippen molar-refractivity contribution >= 4 is 6.03 Å². The molecule has 1 aromatic carbocycles. The number of ether oxygens (including phenoxy) is 1. The van der Waals surface area contributed by atoms with Gasteiger partial charge in [-0.2, -0.15) is 0 Å². The fourth-order valence-corrected chi connectivity index (χ4v) is 2.28. The van der Waals surface area contributed by atoms with E-state index < -0.39 is 0 Å². The Morgan fingerprint density at radius 1 is 1.50 bits per heavy atom. The zero-order chi connectivity index (χ0) is 14.4. The van der Waals surface area contributed by atoms with Crippen molar-refractivity contribution < 1.29 is 14.6 Å². The molecule has 1 unspecified atom stereocenters. The van der Waals surface area contributed by atoms with Crippen LogP contribution in [0.3, 0.4) is 0 Å². The molecule has 0 radical (unpaired) electrons. The number of benzene rings is 1. The highest BCUT2D eigenvalue weighted by Crippen LogP contribution is 2.34. The second-order valence-electron chi connectivity index (χ2n) is 5.12. The van der Waals surface area contributed by atoms with Gasteiger partial charge in [-0.15, -0.1) is 0 Å². The van der Waals surface area contributed by atoms with Gasteiger partial charge < -0.3 is 20.5 Å². The van der Waals surface area contributed by atoms with Gasteiger partial charge in [0.25, 0.3) is 0 Å². The van der Waals surface area contributed by atoms with Gasteiger partial charge in [-0.3, -0.25) is 0 Å². The molecule has 1 aliphatic carbocycles. The maximum Gasteiger partial charge on any atom is 0.315 e. The molecule has 0 aromatic heterocycles. The molecule has 3 N–H and O–H groups in total. The minimum absolute atomic E-state index is 0.0442. The first-order valence-corrected chi connectivity index (χ1v) is 7.01. The van der Waals surface area contributed by atoms with Crippen LogP contribution in [-0.2, 0) is 6.42 Å². The van der Waals surface area contributed by atoms with E-state index >= 15 is 0 Å². The first-order chi connectivity index (χ1) is 9.72. The van der Waals surface area contributed by atoms with Crippen LogP contribution in [0, 0.1) is 5.92 Å². The largest absolute Gasteiger partial charge is 0.497 e. The van der Waals surface area contributed by atoms with E-state index in [4.69, 9.17) is 9.84 Å². The number of nitrogens with one attached hydrogen (secondary N) is 2. The summed E-state index contributed by atoms with van der Waals surface area (Å²) in [5.41, 5.74) is 1.16. The summed E-state index contributed by atoms with van der Waals surface area (Å²) in [5, 5.41) is 14.3. The maximum atomic E-state index is 11.7.